The molecule has 0 aromatic heterocycles. The molecule has 1 unspecified atom stereocenters. The van der Waals surface area contributed by atoms with Gasteiger partial charge in [-0.1, -0.05) is 22.0 Å². The molecule has 0 bridgehead atoms. The van der Waals surface area contributed by atoms with Crippen LogP contribution in [0.15, 0.2) is 22.7 Å². The van der Waals surface area contributed by atoms with Gasteiger partial charge in [-0.3, -0.25) is 0 Å². The average Bonchev–Trinajstić information content (AvgIpc) is 2.61. The quantitative estimate of drug-likeness (QED) is 0.849. The Morgan fingerprint density at radius 3 is 3.20 bits per heavy atom. The molecular formula is C12H16BrNO. The summed E-state index contributed by atoms with van der Waals surface area (Å²) in [4.78, 5) is 0. The molecule has 0 aliphatic heterocycles. The van der Waals surface area contributed by atoms with E-state index in [0.717, 1.165) is 13.2 Å². The van der Waals surface area contributed by atoms with E-state index in [0.29, 0.717) is 6.04 Å². The maximum atomic E-state index is 5.04. The number of aryl methyl sites for hydroxylation is 1. The van der Waals surface area contributed by atoms with Gasteiger partial charge < -0.3 is 10.1 Å². The first-order valence-corrected chi connectivity index (χ1v) is 6.11. The van der Waals surface area contributed by atoms with E-state index in [2.05, 4.69) is 39.4 Å². The van der Waals surface area contributed by atoms with Crippen molar-refractivity contribution in [1.29, 1.82) is 0 Å². The van der Waals surface area contributed by atoms with Gasteiger partial charge in [0.2, 0.25) is 0 Å². The molecule has 3 heteroatoms. The first kappa shape index (κ1) is 11.1. The van der Waals surface area contributed by atoms with Crippen LogP contribution in [0.5, 0.6) is 0 Å². The van der Waals surface area contributed by atoms with Gasteiger partial charge in [0.25, 0.3) is 0 Å². The Bertz CT molecular complexity index is 340. The third kappa shape index (κ3) is 2.60. The second kappa shape index (κ2) is 5.10. The summed E-state index contributed by atoms with van der Waals surface area (Å²) in [5, 5.41) is 3.52. The number of hydrogen-bond acceptors (Lipinski definition) is 2. The zero-order valence-electron chi connectivity index (χ0n) is 8.92. The number of ether oxygens (including phenoxy) is 1. The molecule has 1 N–H and O–H groups in total. The molecule has 82 valence electrons. The molecule has 0 heterocycles. The lowest BCUT2D eigenvalue weighted by molar-refractivity contribution is 0.195. The minimum Gasteiger partial charge on any atom is -0.383 e. The smallest absolute Gasteiger partial charge is 0.0587 e. The fourth-order valence-corrected chi connectivity index (χ4v) is 2.54. The van der Waals surface area contributed by atoms with Gasteiger partial charge in [0.15, 0.2) is 0 Å². The number of methoxy groups -OCH3 is 1. The Morgan fingerprint density at radius 2 is 2.40 bits per heavy atom. The summed E-state index contributed by atoms with van der Waals surface area (Å²) >= 11 is 3.51. The van der Waals surface area contributed by atoms with E-state index in [4.69, 9.17) is 4.74 Å². The van der Waals surface area contributed by atoms with Gasteiger partial charge in [0, 0.05) is 24.2 Å². The van der Waals surface area contributed by atoms with Crippen molar-refractivity contribution in [2.45, 2.75) is 18.9 Å². The summed E-state index contributed by atoms with van der Waals surface area (Å²) in [5.41, 5.74) is 2.92. The van der Waals surface area contributed by atoms with Crippen LogP contribution in [0.25, 0.3) is 0 Å². The van der Waals surface area contributed by atoms with Gasteiger partial charge in [-0.15, -0.1) is 0 Å². The largest absolute Gasteiger partial charge is 0.383 e. The van der Waals surface area contributed by atoms with Crippen LogP contribution in [0, 0.1) is 0 Å². The number of nitrogens with one attached hydrogen (secondary N) is 1. The molecule has 2 rings (SSSR count). The summed E-state index contributed by atoms with van der Waals surface area (Å²) in [6, 6.07) is 7.09. The predicted molar refractivity (Wildman–Crippen MR) is 65.1 cm³/mol. The van der Waals surface area contributed by atoms with Crippen LogP contribution >= 0.6 is 15.9 Å². The number of benzene rings is 1. The van der Waals surface area contributed by atoms with Crippen LogP contribution < -0.4 is 5.32 Å². The first-order valence-electron chi connectivity index (χ1n) is 5.32. The fraction of sp³-hybridized carbons (Fsp3) is 0.500. The first-order chi connectivity index (χ1) is 7.31. The maximum Gasteiger partial charge on any atom is 0.0587 e. The summed E-state index contributed by atoms with van der Waals surface area (Å²) < 4.78 is 6.22. The third-order valence-electron chi connectivity index (χ3n) is 2.88. The van der Waals surface area contributed by atoms with Crippen molar-refractivity contribution in [2.24, 2.45) is 0 Å². The van der Waals surface area contributed by atoms with E-state index >= 15 is 0 Å². The summed E-state index contributed by atoms with van der Waals surface area (Å²) in [7, 11) is 1.74. The van der Waals surface area contributed by atoms with Crippen molar-refractivity contribution in [3.63, 3.8) is 0 Å². The Hall–Kier alpha value is -0.380. The van der Waals surface area contributed by atoms with E-state index in [1.165, 1.54) is 28.4 Å². The van der Waals surface area contributed by atoms with Crippen LogP contribution in [0.4, 0.5) is 0 Å². The molecule has 0 amide bonds. The lowest BCUT2D eigenvalue weighted by atomic mass is 10.1. The van der Waals surface area contributed by atoms with Crippen LogP contribution in [0.1, 0.15) is 23.6 Å². The van der Waals surface area contributed by atoms with Gasteiger partial charge >= 0.3 is 0 Å². The second-order valence-electron chi connectivity index (χ2n) is 3.88. The topological polar surface area (TPSA) is 21.3 Å². The van der Waals surface area contributed by atoms with Crippen molar-refractivity contribution < 1.29 is 4.74 Å². The Labute approximate surface area is 99.1 Å². The van der Waals surface area contributed by atoms with Gasteiger partial charge in [-0.05, 0) is 36.1 Å². The zero-order valence-corrected chi connectivity index (χ0v) is 10.5. The number of halogens is 1. The van der Waals surface area contributed by atoms with Crippen molar-refractivity contribution in [3.8, 4) is 0 Å². The standard InChI is InChI=1S/C12H16BrNO/c1-15-7-6-14-12-5-2-9-8-10(13)3-4-11(9)12/h3-4,8,12,14H,2,5-7H2,1H3. The number of rotatable bonds is 4. The molecule has 1 aromatic rings. The van der Waals surface area contributed by atoms with Crippen molar-refractivity contribution >= 4 is 15.9 Å². The SMILES string of the molecule is COCCNC1CCc2cc(Br)ccc21. The second-order valence-corrected chi connectivity index (χ2v) is 4.80. The van der Waals surface area contributed by atoms with Crippen LogP contribution in [-0.2, 0) is 11.2 Å². The zero-order chi connectivity index (χ0) is 10.7. The van der Waals surface area contributed by atoms with E-state index in [9.17, 15) is 0 Å². The minimum absolute atomic E-state index is 0.517. The van der Waals surface area contributed by atoms with Gasteiger partial charge in [-0.2, -0.15) is 0 Å². The van der Waals surface area contributed by atoms with Crippen LogP contribution in [0.2, 0.25) is 0 Å². The average molecular weight is 270 g/mol. The van der Waals surface area contributed by atoms with Gasteiger partial charge in [0.05, 0.1) is 6.61 Å². The summed E-state index contributed by atoms with van der Waals surface area (Å²) in [6.07, 6.45) is 2.38. The van der Waals surface area contributed by atoms with Gasteiger partial charge in [0.1, 0.15) is 0 Å². The number of fused-ring (bicyclic) bond motifs is 1. The third-order valence-corrected chi connectivity index (χ3v) is 3.37. The molecule has 0 radical (unpaired) electrons. The van der Waals surface area contributed by atoms with Crippen LogP contribution in [-0.4, -0.2) is 20.3 Å². The highest BCUT2D eigenvalue weighted by atomic mass is 79.9. The van der Waals surface area contributed by atoms with E-state index in [1.807, 2.05) is 0 Å². The predicted octanol–water partition coefficient (Wildman–Crippen LogP) is 2.67. The Morgan fingerprint density at radius 1 is 1.53 bits per heavy atom. The highest BCUT2D eigenvalue weighted by molar-refractivity contribution is 9.10. The molecule has 1 aliphatic carbocycles. The number of hydrogen-bond donors (Lipinski definition) is 1. The molecule has 0 saturated heterocycles. The van der Waals surface area contributed by atoms with E-state index in [-0.39, 0.29) is 0 Å². The summed E-state index contributed by atoms with van der Waals surface area (Å²) in [5.74, 6) is 0. The molecule has 1 aliphatic rings. The van der Waals surface area contributed by atoms with Crippen LogP contribution in [0.3, 0.4) is 0 Å². The Kier molecular flexibility index (Phi) is 3.78. The molecule has 0 saturated carbocycles. The molecule has 0 spiro atoms. The lowest BCUT2D eigenvalue weighted by Gasteiger charge is -2.13. The molecule has 2 nitrogen and oxygen atoms in total. The monoisotopic (exact) mass is 269 g/mol. The summed E-state index contributed by atoms with van der Waals surface area (Å²) in [6.45, 7) is 1.71. The normalized spacial score (nSPS) is 19.2. The highest BCUT2D eigenvalue weighted by Crippen LogP contribution is 2.32. The lowest BCUT2D eigenvalue weighted by Crippen LogP contribution is -2.23. The van der Waals surface area contributed by atoms with Crippen molar-refractivity contribution in [1.82, 2.24) is 5.32 Å². The molecule has 0 fully saturated rings. The highest BCUT2D eigenvalue weighted by Gasteiger charge is 2.21. The van der Waals surface area contributed by atoms with Crippen molar-refractivity contribution in [2.75, 3.05) is 20.3 Å². The Balaban J connectivity index is 2.02. The minimum atomic E-state index is 0.517. The molecule has 1 aromatic carbocycles. The van der Waals surface area contributed by atoms with Gasteiger partial charge in [-0.25, -0.2) is 0 Å². The van der Waals surface area contributed by atoms with Crippen molar-refractivity contribution in [3.05, 3.63) is 33.8 Å². The maximum absolute atomic E-state index is 5.04. The molecule has 1 atom stereocenters. The fourth-order valence-electron chi connectivity index (χ4n) is 2.13. The molecular weight excluding hydrogens is 254 g/mol. The molecule has 15 heavy (non-hydrogen) atoms. The van der Waals surface area contributed by atoms with E-state index < -0.39 is 0 Å². The van der Waals surface area contributed by atoms with E-state index in [1.54, 1.807) is 7.11 Å².